The topological polar surface area (TPSA) is 128 Å². The van der Waals surface area contributed by atoms with E-state index in [1.165, 1.54) is 26.2 Å². The monoisotopic (exact) mass is 411 g/mol. The average Bonchev–Trinajstić information content (AvgIpc) is 2.84. The molecule has 154 valence electrons. The van der Waals surface area contributed by atoms with E-state index in [2.05, 4.69) is 16.1 Å². The van der Waals surface area contributed by atoms with Crippen molar-refractivity contribution in [1.82, 2.24) is 20.1 Å². The Bertz CT molecular complexity index is 915. The summed E-state index contributed by atoms with van der Waals surface area (Å²) in [7, 11) is -0.760. The van der Waals surface area contributed by atoms with Gasteiger partial charge >= 0.3 is 6.03 Å². The molecule has 1 fully saturated rings. The van der Waals surface area contributed by atoms with Crippen LogP contribution in [0, 0.1) is 6.92 Å². The normalized spacial score (nSPS) is 19.7. The molecular weight excluding hydrogens is 386 g/mol. The number of rotatable bonds is 7. The number of imide groups is 1. The Morgan fingerprint density at radius 2 is 1.93 bits per heavy atom. The first kappa shape index (κ1) is 21.6. The van der Waals surface area contributed by atoms with Crippen LogP contribution in [0.3, 0.4) is 0 Å². The number of nitrogens with one attached hydrogen (secondary N) is 3. The summed E-state index contributed by atoms with van der Waals surface area (Å²) in [6.45, 7) is 4.84. The lowest BCUT2D eigenvalue weighted by Gasteiger charge is -2.19. The summed E-state index contributed by atoms with van der Waals surface area (Å²) in [4.78, 5) is 36.5. The molecule has 4 amide bonds. The van der Waals surface area contributed by atoms with Gasteiger partial charge in [0, 0.05) is 19.8 Å². The van der Waals surface area contributed by atoms with Crippen molar-refractivity contribution in [2.45, 2.75) is 37.6 Å². The molecule has 2 rings (SSSR count). The van der Waals surface area contributed by atoms with Crippen LogP contribution in [0.25, 0.3) is 0 Å². The van der Waals surface area contributed by atoms with Crippen LogP contribution in [0.5, 0.6) is 0 Å². The lowest BCUT2D eigenvalue weighted by molar-refractivity contribution is -0.138. The van der Waals surface area contributed by atoms with Crippen molar-refractivity contribution in [1.29, 1.82) is 0 Å². The van der Waals surface area contributed by atoms with Gasteiger partial charge in [0.05, 0.1) is 11.4 Å². The lowest BCUT2D eigenvalue weighted by Crippen LogP contribution is -2.50. The zero-order valence-electron chi connectivity index (χ0n) is 16.5. The molecule has 0 aliphatic carbocycles. The number of benzene rings is 1. The minimum absolute atomic E-state index is 0.0822. The fourth-order valence-electron chi connectivity index (χ4n) is 2.53. The maximum atomic E-state index is 12.3. The largest absolute Gasteiger partial charge is 0.376 e. The van der Waals surface area contributed by atoms with E-state index in [4.69, 9.17) is 0 Å². The summed E-state index contributed by atoms with van der Waals surface area (Å²) in [6, 6.07) is 3.84. The Morgan fingerprint density at radius 1 is 1.29 bits per heavy atom. The first-order chi connectivity index (χ1) is 12.9. The third-order valence-electron chi connectivity index (χ3n) is 4.63. The number of carbonyl (C=O) groups excluding carboxylic acids is 3. The van der Waals surface area contributed by atoms with Crippen LogP contribution >= 0.6 is 0 Å². The first-order valence-electron chi connectivity index (χ1n) is 8.65. The lowest BCUT2D eigenvalue weighted by atomic mass is 10.00. The van der Waals surface area contributed by atoms with Gasteiger partial charge in [0.1, 0.15) is 5.54 Å². The van der Waals surface area contributed by atoms with Crippen LogP contribution < -0.4 is 16.1 Å². The molecule has 1 aliphatic rings. The summed E-state index contributed by atoms with van der Waals surface area (Å²) in [5, 5.41) is 6.03. The minimum atomic E-state index is -3.62. The smallest absolute Gasteiger partial charge is 0.344 e. The number of hydrogen-bond acceptors (Lipinski definition) is 6. The number of sulfonamides is 1. The van der Waals surface area contributed by atoms with Crippen molar-refractivity contribution in [2.75, 3.05) is 26.0 Å². The van der Waals surface area contributed by atoms with E-state index in [-0.39, 0.29) is 11.4 Å². The van der Waals surface area contributed by atoms with E-state index in [9.17, 15) is 22.8 Å². The highest BCUT2D eigenvalue weighted by atomic mass is 32.2. The molecule has 0 radical (unpaired) electrons. The number of amides is 4. The molecular formula is C17H25N5O5S. The summed E-state index contributed by atoms with van der Waals surface area (Å²) in [6.07, 6.45) is 0.383. The molecule has 1 atom stereocenters. The third-order valence-corrected chi connectivity index (χ3v) is 6.44. The molecule has 1 aromatic rings. The fraction of sp³-hybridized carbons (Fsp3) is 0.471. The van der Waals surface area contributed by atoms with E-state index in [1.54, 1.807) is 26.8 Å². The van der Waals surface area contributed by atoms with E-state index >= 15 is 0 Å². The number of urea groups is 1. The molecule has 0 saturated carbocycles. The van der Waals surface area contributed by atoms with Gasteiger partial charge < -0.3 is 10.6 Å². The SMILES string of the molecule is CCC1(C)NC(=O)N(NC(=O)CNc2cc(S(=O)(=O)N(C)C)ccc2C)C1=O. The molecule has 28 heavy (non-hydrogen) atoms. The van der Waals surface area contributed by atoms with E-state index in [0.717, 1.165) is 9.87 Å². The molecule has 3 N–H and O–H groups in total. The van der Waals surface area contributed by atoms with Gasteiger partial charge in [-0.3, -0.25) is 15.0 Å². The Hall–Kier alpha value is -2.66. The van der Waals surface area contributed by atoms with Crippen LogP contribution in [0.15, 0.2) is 23.1 Å². The van der Waals surface area contributed by atoms with Crippen molar-refractivity contribution in [3.8, 4) is 0 Å². The van der Waals surface area contributed by atoms with Crippen molar-refractivity contribution >= 4 is 33.6 Å². The molecule has 1 heterocycles. The van der Waals surface area contributed by atoms with Gasteiger partial charge in [0.15, 0.2) is 0 Å². The Labute approximate surface area is 164 Å². The number of aryl methyl sites for hydroxylation is 1. The zero-order valence-corrected chi connectivity index (χ0v) is 17.3. The number of hydrazine groups is 1. The van der Waals surface area contributed by atoms with Crippen molar-refractivity contribution in [3.63, 3.8) is 0 Å². The van der Waals surface area contributed by atoms with Gasteiger partial charge in [0.2, 0.25) is 10.0 Å². The summed E-state index contributed by atoms with van der Waals surface area (Å²) < 4.78 is 25.6. The first-order valence-corrected chi connectivity index (χ1v) is 10.1. The van der Waals surface area contributed by atoms with Crippen LogP contribution in [0.1, 0.15) is 25.8 Å². The summed E-state index contributed by atoms with van der Waals surface area (Å²) in [5.41, 5.74) is 2.40. The highest BCUT2D eigenvalue weighted by Gasteiger charge is 2.47. The number of carbonyl (C=O) groups is 3. The summed E-state index contributed by atoms with van der Waals surface area (Å²) >= 11 is 0. The van der Waals surface area contributed by atoms with Gasteiger partial charge in [-0.05, 0) is 38.0 Å². The standard InChI is InChI=1S/C17H25N5O5S/c1-6-17(3)15(24)22(16(25)19-17)20-14(23)10-18-13-9-12(8-7-11(13)2)28(26,27)21(4)5/h7-9,18H,6,10H2,1-5H3,(H,19,25)(H,20,23). The minimum Gasteiger partial charge on any atom is -0.376 e. The highest BCUT2D eigenvalue weighted by Crippen LogP contribution is 2.22. The van der Waals surface area contributed by atoms with E-state index in [1.807, 2.05) is 0 Å². The molecule has 1 saturated heterocycles. The van der Waals surface area contributed by atoms with Gasteiger partial charge in [-0.2, -0.15) is 5.01 Å². The van der Waals surface area contributed by atoms with Crippen LogP contribution in [-0.4, -0.2) is 61.8 Å². The molecule has 10 nitrogen and oxygen atoms in total. The van der Waals surface area contributed by atoms with Crippen LogP contribution in [0.2, 0.25) is 0 Å². The molecule has 0 spiro atoms. The van der Waals surface area contributed by atoms with E-state index < -0.39 is 33.4 Å². The van der Waals surface area contributed by atoms with Gasteiger partial charge in [-0.15, -0.1) is 0 Å². The Morgan fingerprint density at radius 3 is 2.46 bits per heavy atom. The van der Waals surface area contributed by atoms with Crippen LogP contribution in [0.4, 0.5) is 10.5 Å². The van der Waals surface area contributed by atoms with Gasteiger partial charge in [0.25, 0.3) is 11.8 Å². The predicted molar refractivity (Wildman–Crippen MR) is 103 cm³/mol. The maximum absolute atomic E-state index is 12.3. The predicted octanol–water partition coefficient (Wildman–Crippen LogP) is 0.409. The van der Waals surface area contributed by atoms with Crippen LogP contribution in [-0.2, 0) is 19.6 Å². The zero-order chi connectivity index (χ0) is 21.3. The molecule has 0 aromatic heterocycles. The number of anilines is 1. The highest BCUT2D eigenvalue weighted by molar-refractivity contribution is 7.89. The molecule has 1 unspecified atom stereocenters. The fourth-order valence-corrected chi connectivity index (χ4v) is 3.46. The third kappa shape index (κ3) is 4.09. The van der Waals surface area contributed by atoms with Crippen molar-refractivity contribution in [3.05, 3.63) is 23.8 Å². The quantitative estimate of drug-likeness (QED) is 0.558. The molecule has 11 heteroatoms. The molecule has 1 aliphatic heterocycles. The molecule has 0 bridgehead atoms. The average molecular weight is 411 g/mol. The van der Waals surface area contributed by atoms with Crippen molar-refractivity contribution < 1.29 is 22.8 Å². The van der Waals surface area contributed by atoms with E-state index in [0.29, 0.717) is 17.1 Å². The second-order valence-electron chi connectivity index (χ2n) is 6.91. The number of nitrogens with zero attached hydrogens (tertiary/aromatic N) is 2. The summed E-state index contributed by atoms with van der Waals surface area (Å²) in [5.74, 6) is -1.16. The van der Waals surface area contributed by atoms with Gasteiger partial charge in [-0.25, -0.2) is 17.5 Å². The molecule has 1 aromatic carbocycles. The number of hydrogen-bond donors (Lipinski definition) is 3. The maximum Gasteiger partial charge on any atom is 0.344 e. The Balaban J connectivity index is 2.08. The second kappa shape index (κ2) is 7.76. The second-order valence-corrected chi connectivity index (χ2v) is 9.06. The Kier molecular flexibility index (Phi) is 6.00. The van der Waals surface area contributed by atoms with Gasteiger partial charge in [-0.1, -0.05) is 13.0 Å². The van der Waals surface area contributed by atoms with Crippen molar-refractivity contribution in [2.24, 2.45) is 0 Å².